The van der Waals surface area contributed by atoms with E-state index in [2.05, 4.69) is 19.1 Å². The Hall–Kier alpha value is -2.34. The zero-order chi connectivity index (χ0) is 22.9. The highest BCUT2D eigenvalue weighted by molar-refractivity contribution is 7.87. The summed E-state index contributed by atoms with van der Waals surface area (Å²) in [5.74, 6) is 0.186. The van der Waals surface area contributed by atoms with Crippen molar-refractivity contribution in [1.82, 2.24) is 4.90 Å². The molecule has 2 aromatic rings. The molecule has 0 fully saturated rings. The summed E-state index contributed by atoms with van der Waals surface area (Å²) in [6.45, 7) is 8.17. The van der Waals surface area contributed by atoms with Crippen LogP contribution in [0.2, 0.25) is 0 Å². The Morgan fingerprint density at radius 1 is 0.903 bits per heavy atom. The normalized spacial score (nSPS) is 11.5. The van der Waals surface area contributed by atoms with Crippen molar-refractivity contribution in [3.63, 3.8) is 0 Å². The number of hydrogen-bond acceptors (Lipinski definition) is 4. The van der Waals surface area contributed by atoms with Gasteiger partial charge in [0.1, 0.15) is 5.75 Å². The Kier molecular flexibility index (Phi) is 9.56. The molecule has 1 amide bonds. The van der Waals surface area contributed by atoms with Crippen molar-refractivity contribution in [2.24, 2.45) is 0 Å². The lowest BCUT2D eigenvalue weighted by Crippen LogP contribution is -2.36. The third-order valence-electron chi connectivity index (χ3n) is 5.26. The van der Waals surface area contributed by atoms with Crippen molar-refractivity contribution in [3.05, 3.63) is 65.2 Å². The largest absolute Gasteiger partial charge is 0.382 e. The summed E-state index contributed by atoms with van der Waals surface area (Å²) in [7, 11) is -3.55. The predicted octanol–water partition coefficient (Wildman–Crippen LogP) is 5.59. The Bertz CT molecular complexity index is 919. The van der Waals surface area contributed by atoms with Gasteiger partial charge in [0, 0.05) is 18.2 Å². The summed E-state index contributed by atoms with van der Waals surface area (Å²) in [6, 6.07) is 14.8. The van der Waals surface area contributed by atoms with Crippen LogP contribution in [-0.2, 0) is 23.1 Å². The van der Waals surface area contributed by atoms with E-state index in [1.165, 1.54) is 38.2 Å². The van der Waals surface area contributed by atoms with Crippen LogP contribution >= 0.6 is 0 Å². The molecule has 0 aliphatic rings. The molecule has 170 valence electrons. The van der Waals surface area contributed by atoms with Crippen molar-refractivity contribution in [1.29, 1.82) is 0 Å². The molecule has 0 unspecified atom stereocenters. The van der Waals surface area contributed by atoms with Gasteiger partial charge >= 0.3 is 10.1 Å². The van der Waals surface area contributed by atoms with E-state index in [0.29, 0.717) is 12.1 Å². The van der Waals surface area contributed by atoms with Gasteiger partial charge in [0.2, 0.25) is 0 Å². The van der Waals surface area contributed by atoms with E-state index >= 15 is 0 Å². The number of benzene rings is 2. The van der Waals surface area contributed by atoms with E-state index in [-0.39, 0.29) is 23.5 Å². The molecule has 0 saturated heterocycles. The molecule has 0 heterocycles. The van der Waals surface area contributed by atoms with Crippen molar-refractivity contribution in [3.8, 4) is 5.75 Å². The van der Waals surface area contributed by atoms with Crippen LogP contribution in [0.15, 0.2) is 48.5 Å². The summed E-state index contributed by atoms with van der Waals surface area (Å²) >= 11 is 0. The highest BCUT2D eigenvalue weighted by Crippen LogP contribution is 2.19. The SMILES string of the molecule is CCCCCCc1ccc(C(=O)N(Cc2ccc(OS(=O)(=O)CC)cc2)C(C)C)cc1. The summed E-state index contributed by atoms with van der Waals surface area (Å²) in [5, 5.41) is 0. The average molecular weight is 446 g/mol. The van der Waals surface area contributed by atoms with Gasteiger partial charge in [-0.25, -0.2) is 0 Å². The summed E-state index contributed by atoms with van der Waals surface area (Å²) in [5.41, 5.74) is 2.86. The third-order valence-corrected chi connectivity index (χ3v) is 6.41. The molecule has 5 nitrogen and oxygen atoms in total. The predicted molar refractivity (Wildman–Crippen MR) is 126 cm³/mol. The standard InChI is InChI=1S/C25H35NO4S/c1-5-7-8-9-10-21-11-15-23(16-12-21)25(27)26(20(3)4)19-22-13-17-24(18-14-22)30-31(28,29)6-2/h11-18,20H,5-10,19H2,1-4H3. The smallest absolute Gasteiger partial charge is 0.308 e. The second-order valence-electron chi connectivity index (χ2n) is 8.11. The molecule has 31 heavy (non-hydrogen) atoms. The molecule has 0 N–H and O–H groups in total. The maximum atomic E-state index is 13.1. The molecule has 0 bridgehead atoms. The van der Waals surface area contributed by atoms with E-state index < -0.39 is 10.1 Å². The van der Waals surface area contributed by atoms with Gasteiger partial charge in [-0.1, -0.05) is 50.5 Å². The number of unbranched alkanes of at least 4 members (excludes halogenated alkanes) is 3. The molecule has 0 saturated carbocycles. The molecule has 2 rings (SSSR count). The molecule has 0 atom stereocenters. The maximum absolute atomic E-state index is 13.1. The number of carbonyl (C=O) groups is 1. The van der Waals surface area contributed by atoms with Crippen molar-refractivity contribution < 1.29 is 17.4 Å². The summed E-state index contributed by atoms with van der Waals surface area (Å²) in [4.78, 5) is 14.9. The highest BCUT2D eigenvalue weighted by atomic mass is 32.2. The topological polar surface area (TPSA) is 63.7 Å². The van der Waals surface area contributed by atoms with Crippen molar-refractivity contribution >= 4 is 16.0 Å². The first kappa shape index (κ1) is 24.9. The summed E-state index contributed by atoms with van der Waals surface area (Å²) < 4.78 is 28.2. The van der Waals surface area contributed by atoms with Crippen LogP contribution in [0.25, 0.3) is 0 Å². The molecule has 0 aromatic heterocycles. The number of rotatable bonds is 12. The van der Waals surface area contributed by atoms with Crippen LogP contribution in [0, 0.1) is 0 Å². The van der Waals surface area contributed by atoms with Crippen molar-refractivity contribution in [2.75, 3.05) is 5.75 Å². The Morgan fingerprint density at radius 3 is 2.06 bits per heavy atom. The number of carbonyl (C=O) groups excluding carboxylic acids is 1. The first-order chi connectivity index (χ1) is 14.8. The number of aryl methyl sites for hydroxylation is 1. The highest BCUT2D eigenvalue weighted by Gasteiger charge is 2.19. The van der Waals surface area contributed by atoms with Crippen LogP contribution in [0.3, 0.4) is 0 Å². The van der Waals surface area contributed by atoms with Gasteiger partial charge in [-0.15, -0.1) is 0 Å². The van der Waals surface area contributed by atoms with Gasteiger partial charge in [0.25, 0.3) is 5.91 Å². The Labute approximate surface area is 187 Å². The van der Waals surface area contributed by atoms with Gasteiger partial charge in [0.05, 0.1) is 5.75 Å². The lowest BCUT2D eigenvalue weighted by atomic mass is 10.0. The average Bonchev–Trinajstić information content (AvgIpc) is 2.76. The van der Waals surface area contributed by atoms with Gasteiger partial charge < -0.3 is 9.08 Å². The van der Waals surface area contributed by atoms with Crippen LogP contribution in [-0.4, -0.2) is 31.0 Å². The molecule has 0 aliphatic heterocycles. The summed E-state index contributed by atoms with van der Waals surface area (Å²) in [6.07, 6.45) is 5.96. The molecule has 0 aliphatic carbocycles. The van der Waals surface area contributed by atoms with Crippen molar-refractivity contribution in [2.45, 2.75) is 72.4 Å². The van der Waals surface area contributed by atoms with Gasteiger partial charge in [0.15, 0.2) is 0 Å². The number of nitrogens with zero attached hydrogens (tertiary/aromatic N) is 1. The van der Waals surface area contributed by atoms with Crippen LogP contribution in [0.1, 0.15) is 74.9 Å². The minimum atomic E-state index is -3.55. The second-order valence-corrected chi connectivity index (χ2v) is 9.97. The lowest BCUT2D eigenvalue weighted by molar-refractivity contribution is 0.0690. The third kappa shape index (κ3) is 8.02. The fourth-order valence-corrected chi connectivity index (χ4v) is 3.80. The molecule has 6 heteroatoms. The number of hydrogen-bond donors (Lipinski definition) is 0. The zero-order valence-electron chi connectivity index (χ0n) is 19.1. The van der Waals surface area contributed by atoms with Gasteiger partial charge in [-0.3, -0.25) is 4.79 Å². The van der Waals surface area contributed by atoms with Gasteiger partial charge in [-0.2, -0.15) is 8.42 Å². The first-order valence-electron chi connectivity index (χ1n) is 11.2. The molecule has 2 aromatic carbocycles. The molecule has 0 spiro atoms. The molecular formula is C25H35NO4S. The van der Waals surface area contributed by atoms with Crippen LogP contribution in [0.4, 0.5) is 0 Å². The minimum absolute atomic E-state index is 0.0126. The molecular weight excluding hydrogens is 410 g/mol. The minimum Gasteiger partial charge on any atom is -0.382 e. The second kappa shape index (κ2) is 11.9. The first-order valence-corrected chi connectivity index (χ1v) is 12.7. The van der Waals surface area contributed by atoms with Gasteiger partial charge in [-0.05, 0) is 69.0 Å². The number of amides is 1. The van der Waals surface area contributed by atoms with E-state index in [1.807, 2.05) is 30.9 Å². The fraction of sp³-hybridized carbons (Fsp3) is 0.480. The quantitative estimate of drug-likeness (QED) is 0.316. The van der Waals surface area contributed by atoms with Crippen LogP contribution in [0.5, 0.6) is 5.75 Å². The van der Waals surface area contributed by atoms with E-state index in [4.69, 9.17) is 4.18 Å². The van der Waals surface area contributed by atoms with E-state index in [1.54, 1.807) is 24.3 Å². The molecule has 0 radical (unpaired) electrons. The maximum Gasteiger partial charge on any atom is 0.308 e. The van der Waals surface area contributed by atoms with Crippen LogP contribution < -0.4 is 4.18 Å². The fourth-order valence-electron chi connectivity index (χ4n) is 3.28. The lowest BCUT2D eigenvalue weighted by Gasteiger charge is -2.27. The Morgan fingerprint density at radius 2 is 1.52 bits per heavy atom. The zero-order valence-corrected chi connectivity index (χ0v) is 20.0. The van der Waals surface area contributed by atoms with E-state index in [0.717, 1.165) is 12.0 Å². The Balaban J connectivity index is 2.04. The van der Waals surface area contributed by atoms with E-state index in [9.17, 15) is 13.2 Å². The monoisotopic (exact) mass is 445 g/mol.